The van der Waals surface area contributed by atoms with E-state index in [1.165, 1.54) is 17.0 Å². The van der Waals surface area contributed by atoms with Gasteiger partial charge in [0.25, 0.3) is 11.8 Å². The fourth-order valence-electron chi connectivity index (χ4n) is 7.79. The van der Waals surface area contributed by atoms with Gasteiger partial charge >= 0.3 is 0 Å². The zero-order valence-electron chi connectivity index (χ0n) is 19.0. The molecule has 0 aromatic heterocycles. The predicted octanol–water partition coefficient (Wildman–Crippen LogP) is 2.54. The number of benzene rings is 2. The minimum absolute atomic E-state index is 0.00923. The Morgan fingerprint density at radius 3 is 2.77 bits per heavy atom. The van der Waals surface area contributed by atoms with E-state index >= 15 is 0 Å². The van der Waals surface area contributed by atoms with E-state index in [2.05, 4.69) is 11.5 Å². The topological polar surface area (TPSA) is 90.3 Å². The number of carbonyl (C=O) groups excluding carboxylic acids is 2. The van der Waals surface area contributed by atoms with Crippen LogP contribution in [-0.4, -0.2) is 68.7 Å². The van der Waals surface area contributed by atoms with Crippen LogP contribution in [0.15, 0.2) is 43.0 Å². The Labute approximate surface area is 201 Å². The molecule has 2 amide bonds. The lowest BCUT2D eigenvalue weighted by Gasteiger charge is -2.64. The van der Waals surface area contributed by atoms with Crippen molar-refractivity contribution in [2.75, 3.05) is 13.1 Å². The zero-order chi connectivity index (χ0) is 24.3. The van der Waals surface area contributed by atoms with Crippen LogP contribution in [0.2, 0.25) is 0 Å². The Morgan fingerprint density at radius 2 is 1.97 bits per heavy atom. The number of carbonyl (C=O) groups is 2. The number of amides is 2. The summed E-state index contributed by atoms with van der Waals surface area (Å²) >= 11 is 0. The second-order valence-electron chi connectivity index (χ2n) is 10.4. The van der Waals surface area contributed by atoms with Gasteiger partial charge in [-0.25, -0.2) is 4.39 Å². The van der Waals surface area contributed by atoms with Crippen molar-refractivity contribution in [2.45, 2.75) is 54.9 Å². The van der Waals surface area contributed by atoms with Gasteiger partial charge in [0.2, 0.25) is 0 Å². The second kappa shape index (κ2) is 6.71. The average Bonchev–Trinajstić information content (AvgIpc) is 3.30. The van der Waals surface area contributed by atoms with Gasteiger partial charge in [-0.15, -0.1) is 6.58 Å². The number of halogens is 1. The number of rotatable bonds is 3. The van der Waals surface area contributed by atoms with E-state index in [-0.39, 0.29) is 22.9 Å². The van der Waals surface area contributed by atoms with E-state index in [1.807, 2.05) is 12.1 Å². The maximum atomic E-state index is 13.9. The maximum absolute atomic E-state index is 13.9. The van der Waals surface area contributed by atoms with E-state index < -0.39 is 40.8 Å². The van der Waals surface area contributed by atoms with Crippen LogP contribution in [0.1, 0.15) is 51.1 Å². The van der Waals surface area contributed by atoms with Gasteiger partial charge in [0.1, 0.15) is 11.9 Å². The molecule has 2 aromatic rings. The van der Waals surface area contributed by atoms with Crippen molar-refractivity contribution in [1.82, 2.24) is 9.80 Å². The smallest absolute Gasteiger partial charge is 0.262 e. The number of ether oxygens (including phenoxy) is 1. The molecule has 3 aliphatic heterocycles. The summed E-state index contributed by atoms with van der Waals surface area (Å²) < 4.78 is 20.4. The Kier molecular flexibility index (Phi) is 4.04. The normalized spacial score (nSPS) is 34.5. The van der Waals surface area contributed by atoms with Crippen LogP contribution in [-0.2, 0) is 11.8 Å². The molecule has 2 N–H and O–H groups in total. The molecule has 180 valence electrons. The summed E-state index contributed by atoms with van der Waals surface area (Å²) in [6.07, 6.45) is 3.00. The Balaban J connectivity index is 1.39. The summed E-state index contributed by atoms with van der Waals surface area (Å²) in [5, 5.41) is 23.2. The molecule has 5 aliphatic rings. The minimum Gasteiger partial charge on any atom is -0.504 e. The van der Waals surface area contributed by atoms with Gasteiger partial charge in [0, 0.05) is 18.2 Å². The second-order valence-corrected chi connectivity index (χ2v) is 10.4. The summed E-state index contributed by atoms with van der Waals surface area (Å²) in [6.45, 7) is 5.21. The van der Waals surface area contributed by atoms with Gasteiger partial charge < -0.3 is 14.9 Å². The highest BCUT2D eigenvalue weighted by Crippen LogP contribution is 2.66. The van der Waals surface area contributed by atoms with E-state index in [9.17, 15) is 24.2 Å². The highest BCUT2D eigenvalue weighted by atomic mass is 19.1. The fourth-order valence-corrected chi connectivity index (χ4v) is 7.79. The van der Waals surface area contributed by atoms with Crippen LogP contribution >= 0.6 is 0 Å². The quantitative estimate of drug-likeness (QED) is 0.523. The number of likely N-dealkylation sites (tertiary alicyclic amines) is 1. The number of imide groups is 1. The molecule has 8 heteroatoms. The number of piperidine rings is 1. The van der Waals surface area contributed by atoms with Gasteiger partial charge in [-0.1, -0.05) is 12.1 Å². The van der Waals surface area contributed by atoms with Gasteiger partial charge in [-0.05, 0) is 62.1 Å². The van der Waals surface area contributed by atoms with Crippen LogP contribution in [0, 0.1) is 5.82 Å². The zero-order valence-corrected chi connectivity index (χ0v) is 19.0. The van der Waals surface area contributed by atoms with Crippen molar-refractivity contribution in [2.24, 2.45) is 0 Å². The Bertz CT molecular complexity index is 1340. The van der Waals surface area contributed by atoms with Gasteiger partial charge in [0.15, 0.2) is 11.5 Å². The summed E-state index contributed by atoms with van der Waals surface area (Å²) in [5.74, 6) is -1.26. The fraction of sp³-hybridized carbons (Fsp3) is 0.407. The average molecular weight is 477 g/mol. The first-order chi connectivity index (χ1) is 16.8. The molecule has 5 atom stereocenters. The highest BCUT2D eigenvalue weighted by Gasteiger charge is 2.74. The lowest BCUT2D eigenvalue weighted by Crippen LogP contribution is -2.78. The summed E-state index contributed by atoms with van der Waals surface area (Å²) in [7, 11) is 0. The SMILES string of the molecule is C=CCN1CC[C@]23c4c5ccc(O)c4O[C@H]2[C@@H](N2C(=O)c4ccc(F)cc4C2=O)CC[C@@]3(O)[C@@H]1C5. The molecule has 35 heavy (non-hydrogen) atoms. The molecule has 2 bridgehead atoms. The number of phenols is 1. The molecule has 3 heterocycles. The molecule has 7 rings (SSSR count). The van der Waals surface area contributed by atoms with Crippen molar-refractivity contribution in [1.29, 1.82) is 0 Å². The lowest BCUT2D eigenvalue weighted by atomic mass is 9.48. The number of nitrogens with zero attached hydrogens (tertiary/aromatic N) is 2. The van der Waals surface area contributed by atoms with Crippen LogP contribution in [0.5, 0.6) is 11.5 Å². The number of fused-ring (bicyclic) bond motifs is 1. The van der Waals surface area contributed by atoms with Crippen LogP contribution in [0.4, 0.5) is 4.39 Å². The van der Waals surface area contributed by atoms with Gasteiger partial charge in [-0.3, -0.25) is 19.4 Å². The summed E-state index contributed by atoms with van der Waals surface area (Å²) in [4.78, 5) is 30.2. The monoisotopic (exact) mass is 476 g/mol. The number of hydrogen-bond acceptors (Lipinski definition) is 6. The van der Waals surface area contributed by atoms with Crippen molar-refractivity contribution >= 4 is 11.8 Å². The number of hydrogen-bond donors (Lipinski definition) is 2. The molecule has 2 fully saturated rings. The van der Waals surface area contributed by atoms with Gasteiger partial charge in [0.05, 0.1) is 28.2 Å². The molecule has 2 aliphatic carbocycles. The molecular weight excluding hydrogens is 451 g/mol. The minimum atomic E-state index is -1.16. The molecular formula is C27H25FN2O5. The largest absolute Gasteiger partial charge is 0.504 e. The van der Waals surface area contributed by atoms with Gasteiger partial charge in [-0.2, -0.15) is 0 Å². The summed E-state index contributed by atoms with van der Waals surface area (Å²) in [5.41, 5.74) is 0.0127. The molecule has 0 unspecified atom stereocenters. The predicted molar refractivity (Wildman–Crippen MR) is 123 cm³/mol. The van der Waals surface area contributed by atoms with Crippen molar-refractivity contribution in [3.63, 3.8) is 0 Å². The number of aromatic hydroxyl groups is 1. The Morgan fingerprint density at radius 1 is 1.17 bits per heavy atom. The van der Waals surface area contributed by atoms with E-state index in [4.69, 9.17) is 4.74 Å². The van der Waals surface area contributed by atoms with Crippen LogP contribution < -0.4 is 4.74 Å². The standard InChI is InChI=1S/C27H25FN2O5/c1-2-10-29-11-9-26-21-14-3-6-19(31)22(21)35-23(26)18(7-8-27(26,34)20(29)12-14)30-24(32)16-5-4-15(28)13-17(16)25(30)33/h2-6,13,18,20,23,31,34H,1,7-12H2/t18-,20-,23-,26-,27+/m0/s1. The van der Waals surface area contributed by atoms with Crippen molar-refractivity contribution < 1.29 is 28.9 Å². The first-order valence-electron chi connectivity index (χ1n) is 12.1. The summed E-state index contributed by atoms with van der Waals surface area (Å²) in [6, 6.07) is 6.29. The molecule has 1 saturated carbocycles. The first kappa shape index (κ1) is 21.1. The van der Waals surface area contributed by atoms with Crippen molar-refractivity contribution in [3.05, 3.63) is 71.1 Å². The van der Waals surface area contributed by atoms with E-state index in [0.717, 1.165) is 17.2 Å². The third kappa shape index (κ3) is 2.32. The number of aliphatic hydroxyl groups is 1. The molecule has 1 spiro atoms. The molecule has 7 nitrogen and oxygen atoms in total. The third-order valence-electron chi connectivity index (χ3n) is 9.12. The van der Waals surface area contributed by atoms with Crippen LogP contribution in [0.3, 0.4) is 0 Å². The number of phenolic OH excluding ortho intramolecular Hbond substituents is 1. The molecule has 2 aromatic carbocycles. The highest BCUT2D eigenvalue weighted by molar-refractivity contribution is 6.21. The lowest BCUT2D eigenvalue weighted by molar-refractivity contribution is -0.194. The maximum Gasteiger partial charge on any atom is 0.262 e. The van der Waals surface area contributed by atoms with E-state index in [0.29, 0.717) is 44.5 Å². The molecule has 1 saturated heterocycles. The van der Waals surface area contributed by atoms with Crippen LogP contribution in [0.25, 0.3) is 0 Å². The Hall–Kier alpha value is -3.23. The third-order valence-corrected chi connectivity index (χ3v) is 9.12. The molecule has 0 radical (unpaired) electrons. The first-order valence-corrected chi connectivity index (χ1v) is 12.1. The van der Waals surface area contributed by atoms with Crippen molar-refractivity contribution in [3.8, 4) is 11.5 Å². The van der Waals surface area contributed by atoms with E-state index in [1.54, 1.807) is 6.07 Å².